The maximum atomic E-state index is 3.77. The Bertz CT molecular complexity index is 308. The van der Waals surface area contributed by atoms with Crippen LogP contribution >= 0.6 is 0 Å². The van der Waals surface area contributed by atoms with Crippen molar-refractivity contribution in [2.45, 2.75) is 32.7 Å². The van der Waals surface area contributed by atoms with Crippen molar-refractivity contribution >= 4 is 0 Å². The Morgan fingerprint density at radius 2 is 1.87 bits per heavy atom. The van der Waals surface area contributed by atoms with Crippen molar-refractivity contribution in [3.05, 3.63) is 47.5 Å². The summed E-state index contributed by atoms with van der Waals surface area (Å²) in [4.78, 5) is 0. The third-order valence-corrected chi connectivity index (χ3v) is 2.65. The lowest BCUT2D eigenvalue weighted by Gasteiger charge is -2.17. The highest BCUT2D eigenvalue weighted by Crippen LogP contribution is 2.20. The second-order valence-corrected chi connectivity index (χ2v) is 4.13. The molecular weight excluding hydrogens is 182 g/mol. The van der Waals surface area contributed by atoms with Crippen molar-refractivity contribution in [3.63, 3.8) is 0 Å². The van der Waals surface area contributed by atoms with E-state index in [2.05, 4.69) is 43.9 Å². The second-order valence-electron chi connectivity index (χ2n) is 4.13. The summed E-state index contributed by atoms with van der Waals surface area (Å²) in [6.07, 6.45) is 4.15. The van der Waals surface area contributed by atoms with E-state index in [1.165, 1.54) is 16.7 Å². The Hall–Kier alpha value is -1.08. The zero-order valence-corrected chi connectivity index (χ0v) is 10.0. The Morgan fingerprint density at radius 3 is 2.33 bits per heavy atom. The molecule has 1 atom stereocenters. The molecule has 0 aliphatic carbocycles. The number of hydrogen-bond acceptors (Lipinski definition) is 1. The predicted octanol–water partition coefficient (Wildman–Crippen LogP) is 3.53. The number of nitrogens with one attached hydrogen (secondary N) is 1. The van der Waals surface area contributed by atoms with Gasteiger partial charge in [-0.3, -0.25) is 0 Å². The molecule has 0 saturated carbocycles. The van der Waals surface area contributed by atoms with Gasteiger partial charge in [0.25, 0.3) is 0 Å². The van der Waals surface area contributed by atoms with Crippen LogP contribution in [0.1, 0.15) is 35.6 Å². The minimum atomic E-state index is 0.446. The van der Waals surface area contributed by atoms with E-state index in [9.17, 15) is 0 Å². The molecule has 15 heavy (non-hydrogen) atoms. The second kappa shape index (κ2) is 5.72. The van der Waals surface area contributed by atoms with Gasteiger partial charge >= 0.3 is 0 Å². The highest BCUT2D eigenvalue weighted by Gasteiger charge is 2.08. The van der Waals surface area contributed by atoms with Crippen molar-refractivity contribution in [1.29, 1.82) is 0 Å². The van der Waals surface area contributed by atoms with Gasteiger partial charge in [0.1, 0.15) is 0 Å². The molecule has 0 aliphatic heterocycles. The fraction of sp³-hybridized carbons (Fsp3) is 0.429. The van der Waals surface area contributed by atoms with Crippen LogP contribution in [0.15, 0.2) is 30.9 Å². The van der Waals surface area contributed by atoms with E-state index in [0.29, 0.717) is 6.04 Å². The van der Waals surface area contributed by atoms with Crippen LogP contribution in [0.4, 0.5) is 0 Å². The van der Waals surface area contributed by atoms with Crippen molar-refractivity contribution in [3.8, 4) is 0 Å². The number of aryl methyl sites for hydroxylation is 2. The summed E-state index contributed by atoms with van der Waals surface area (Å²) in [5.74, 6) is 0. The molecule has 0 amide bonds. The van der Waals surface area contributed by atoms with Crippen LogP contribution < -0.4 is 5.32 Å². The molecule has 0 radical (unpaired) electrons. The van der Waals surface area contributed by atoms with Gasteiger partial charge in [0.2, 0.25) is 0 Å². The van der Waals surface area contributed by atoms with Crippen molar-refractivity contribution in [2.75, 3.05) is 7.05 Å². The van der Waals surface area contributed by atoms with Crippen molar-refractivity contribution in [1.82, 2.24) is 5.32 Å². The third-order valence-electron chi connectivity index (χ3n) is 2.65. The van der Waals surface area contributed by atoms with E-state index < -0.39 is 0 Å². The SMILES string of the molecule is C=CCCC(NC)c1cc(C)cc(C)c1. The molecule has 0 fully saturated rings. The molecule has 0 bridgehead atoms. The topological polar surface area (TPSA) is 12.0 Å². The average Bonchev–Trinajstić information content (AvgIpc) is 2.17. The van der Waals surface area contributed by atoms with E-state index in [0.717, 1.165) is 12.8 Å². The highest BCUT2D eigenvalue weighted by atomic mass is 14.9. The first-order valence-electron chi connectivity index (χ1n) is 5.53. The predicted molar refractivity (Wildman–Crippen MR) is 67.1 cm³/mol. The molecule has 1 aromatic carbocycles. The maximum absolute atomic E-state index is 3.77. The lowest BCUT2D eigenvalue weighted by Crippen LogP contribution is -2.16. The largest absolute Gasteiger partial charge is 0.313 e. The first kappa shape index (κ1) is 12.0. The van der Waals surface area contributed by atoms with Crippen LogP contribution in [0.2, 0.25) is 0 Å². The number of rotatable bonds is 5. The van der Waals surface area contributed by atoms with Gasteiger partial charge in [0.15, 0.2) is 0 Å². The summed E-state index contributed by atoms with van der Waals surface area (Å²) < 4.78 is 0. The number of benzene rings is 1. The van der Waals surface area contributed by atoms with E-state index >= 15 is 0 Å². The van der Waals surface area contributed by atoms with Gasteiger partial charge in [-0.05, 0) is 39.3 Å². The van der Waals surface area contributed by atoms with Gasteiger partial charge in [-0.2, -0.15) is 0 Å². The maximum Gasteiger partial charge on any atom is 0.0320 e. The molecular formula is C14H21N. The summed E-state index contributed by atoms with van der Waals surface area (Å²) in [7, 11) is 2.02. The monoisotopic (exact) mass is 203 g/mol. The molecule has 0 heterocycles. The number of hydrogen-bond donors (Lipinski definition) is 1. The quantitative estimate of drug-likeness (QED) is 0.722. The van der Waals surface area contributed by atoms with E-state index in [1.54, 1.807) is 0 Å². The fourth-order valence-electron chi connectivity index (χ4n) is 1.97. The van der Waals surface area contributed by atoms with Gasteiger partial charge in [-0.25, -0.2) is 0 Å². The Labute approximate surface area is 93.2 Å². The highest BCUT2D eigenvalue weighted by molar-refractivity contribution is 5.30. The standard InChI is InChI=1S/C14H21N/c1-5-6-7-14(15-4)13-9-11(2)8-12(3)10-13/h5,8-10,14-15H,1,6-7H2,2-4H3. The molecule has 0 aromatic heterocycles. The summed E-state index contributed by atoms with van der Waals surface area (Å²) in [6.45, 7) is 8.07. The van der Waals surface area contributed by atoms with Gasteiger partial charge in [0.05, 0.1) is 0 Å². The number of allylic oxidation sites excluding steroid dienone is 1. The summed E-state index contributed by atoms with van der Waals surface area (Å²) in [5, 5.41) is 3.36. The average molecular weight is 203 g/mol. The van der Waals surface area contributed by atoms with Crippen LogP contribution in [0.5, 0.6) is 0 Å². The summed E-state index contributed by atoms with van der Waals surface area (Å²) >= 11 is 0. The Morgan fingerprint density at radius 1 is 1.27 bits per heavy atom. The molecule has 0 spiro atoms. The Kier molecular flexibility index (Phi) is 4.57. The molecule has 1 unspecified atom stereocenters. The van der Waals surface area contributed by atoms with E-state index in [-0.39, 0.29) is 0 Å². The van der Waals surface area contributed by atoms with Gasteiger partial charge in [-0.15, -0.1) is 6.58 Å². The molecule has 1 nitrogen and oxygen atoms in total. The van der Waals surface area contributed by atoms with Gasteiger partial charge in [0, 0.05) is 6.04 Å². The van der Waals surface area contributed by atoms with Crippen LogP contribution in [0.3, 0.4) is 0 Å². The minimum Gasteiger partial charge on any atom is -0.313 e. The van der Waals surface area contributed by atoms with Gasteiger partial charge in [-0.1, -0.05) is 35.4 Å². The molecule has 1 N–H and O–H groups in total. The fourth-order valence-corrected chi connectivity index (χ4v) is 1.97. The summed E-state index contributed by atoms with van der Waals surface area (Å²) in [5.41, 5.74) is 4.06. The molecule has 82 valence electrons. The minimum absolute atomic E-state index is 0.446. The van der Waals surface area contributed by atoms with E-state index in [1.807, 2.05) is 13.1 Å². The summed E-state index contributed by atoms with van der Waals surface area (Å²) in [6, 6.07) is 7.18. The lowest BCUT2D eigenvalue weighted by molar-refractivity contribution is 0.554. The zero-order valence-electron chi connectivity index (χ0n) is 10.0. The molecule has 1 heteroatoms. The third kappa shape index (κ3) is 3.52. The van der Waals surface area contributed by atoms with Crippen LogP contribution in [0, 0.1) is 13.8 Å². The van der Waals surface area contributed by atoms with Gasteiger partial charge < -0.3 is 5.32 Å². The van der Waals surface area contributed by atoms with E-state index in [4.69, 9.17) is 0 Å². The smallest absolute Gasteiger partial charge is 0.0320 e. The Balaban J connectivity index is 2.85. The van der Waals surface area contributed by atoms with Crippen LogP contribution in [0.25, 0.3) is 0 Å². The molecule has 0 aliphatic rings. The molecule has 1 rings (SSSR count). The molecule has 0 saturated heterocycles. The molecule has 1 aromatic rings. The first-order valence-corrected chi connectivity index (χ1v) is 5.53. The van der Waals surface area contributed by atoms with Crippen molar-refractivity contribution in [2.24, 2.45) is 0 Å². The lowest BCUT2D eigenvalue weighted by atomic mass is 9.98. The van der Waals surface area contributed by atoms with Crippen LogP contribution in [-0.2, 0) is 0 Å². The normalized spacial score (nSPS) is 12.5. The zero-order chi connectivity index (χ0) is 11.3. The first-order chi connectivity index (χ1) is 7.17. The van der Waals surface area contributed by atoms with Crippen molar-refractivity contribution < 1.29 is 0 Å². The van der Waals surface area contributed by atoms with Crippen LogP contribution in [-0.4, -0.2) is 7.05 Å².